The number of aryl methyl sites for hydroxylation is 3. The Morgan fingerprint density at radius 3 is 2.58 bits per heavy atom. The molecule has 0 aliphatic heterocycles. The van der Waals surface area contributed by atoms with E-state index in [1.54, 1.807) is 6.08 Å². The second-order valence-corrected chi connectivity index (χ2v) is 8.42. The lowest BCUT2D eigenvalue weighted by Crippen LogP contribution is -2.16. The van der Waals surface area contributed by atoms with Gasteiger partial charge in [-0.2, -0.15) is 0 Å². The number of carbonyl (C=O) groups is 1. The molecule has 1 atom stereocenters. The fraction of sp³-hybridized carbons (Fsp3) is 0.292. The molecule has 0 spiro atoms. The number of hydrogen-bond donors (Lipinski definition) is 1. The van der Waals surface area contributed by atoms with Crippen LogP contribution in [0, 0.1) is 20.8 Å². The molecule has 2 aromatic carbocycles. The summed E-state index contributed by atoms with van der Waals surface area (Å²) in [4.78, 5) is 12.4. The number of ether oxygens (including phenoxy) is 1. The van der Waals surface area contributed by atoms with E-state index in [1.165, 1.54) is 11.8 Å². The van der Waals surface area contributed by atoms with Gasteiger partial charge in [-0.15, -0.1) is 16.8 Å². The fourth-order valence-electron chi connectivity index (χ4n) is 3.30. The van der Waals surface area contributed by atoms with Gasteiger partial charge in [0.15, 0.2) is 17.1 Å². The van der Waals surface area contributed by atoms with Crippen LogP contribution in [0.4, 0.5) is 5.69 Å². The van der Waals surface area contributed by atoms with Gasteiger partial charge < -0.3 is 10.1 Å². The van der Waals surface area contributed by atoms with Crippen molar-refractivity contribution >= 4 is 23.4 Å². The van der Waals surface area contributed by atoms with Gasteiger partial charge in [-0.3, -0.25) is 9.36 Å². The van der Waals surface area contributed by atoms with E-state index in [1.807, 2.05) is 68.7 Å². The third-order valence-electron chi connectivity index (χ3n) is 4.68. The minimum Gasteiger partial charge on any atom is -0.483 e. The van der Waals surface area contributed by atoms with Crippen LogP contribution in [0.2, 0.25) is 0 Å². The highest BCUT2D eigenvalue weighted by Crippen LogP contribution is 2.26. The molecule has 0 aliphatic carbocycles. The highest BCUT2D eigenvalue weighted by Gasteiger charge is 2.20. The number of amides is 1. The van der Waals surface area contributed by atoms with Crippen molar-refractivity contribution in [2.45, 2.75) is 45.5 Å². The number of carbonyl (C=O) groups excluding carboxylic acids is 1. The zero-order valence-electron chi connectivity index (χ0n) is 18.4. The van der Waals surface area contributed by atoms with E-state index in [0.29, 0.717) is 17.5 Å². The molecule has 3 aromatic rings. The number of nitrogens with one attached hydrogen (secondary N) is 1. The van der Waals surface area contributed by atoms with Crippen molar-refractivity contribution in [3.05, 3.63) is 77.6 Å². The molecule has 162 valence electrons. The monoisotopic (exact) mass is 436 g/mol. The van der Waals surface area contributed by atoms with Crippen LogP contribution in [-0.2, 0) is 11.3 Å². The first-order valence-electron chi connectivity index (χ1n) is 10.1. The zero-order valence-corrected chi connectivity index (χ0v) is 19.2. The van der Waals surface area contributed by atoms with E-state index in [-0.39, 0.29) is 17.8 Å². The van der Waals surface area contributed by atoms with Gasteiger partial charge in [0.05, 0.1) is 5.75 Å². The van der Waals surface area contributed by atoms with Gasteiger partial charge >= 0.3 is 0 Å². The molecule has 1 amide bonds. The van der Waals surface area contributed by atoms with Gasteiger partial charge in [0, 0.05) is 12.2 Å². The standard InChI is InChI=1S/C24H28N4O2S/c1-6-11-28-23(19(5)30-20-13-16(2)12-17(3)14-20)26-27-24(28)31-15-22(29)25-21-10-8-7-9-18(21)4/h6-10,12-14,19H,1,11,15H2,2-5H3,(H,25,29). The summed E-state index contributed by atoms with van der Waals surface area (Å²) < 4.78 is 8.07. The third kappa shape index (κ3) is 5.98. The van der Waals surface area contributed by atoms with Crippen molar-refractivity contribution in [1.29, 1.82) is 0 Å². The van der Waals surface area contributed by atoms with Gasteiger partial charge in [-0.05, 0) is 62.6 Å². The van der Waals surface area contributed by atoms with E-state index in [0.717, 1.165) is 28.1 Å². The van der Waals surface area contributed by atoms with Crippen LogP contribution >= 0.6 is 11.8 Å². The topological polar surface area (TPSA) is 69.0 Å². The largest absolute Gasteiger partial charge is 0.483 e. The summed E-state index contributed by atoms with van der Waals surface area (Å²) in [7, 11) is 0. The van der Waals surface area contributed by atoms with Crippen molar-refractivity contribution < 1.29 is 9.53 Å². The predicted molar refractivity (Wildman–Crippen MR) is 126 cm³/mol. The second kappa shape index (κ2) is 10.3. The van der Waals surface area contributed by atoms with Crippen molar-refractivity contribution in [2.24, 2.45) is 0 Å². The molecule has 3 rings (SSSR count). The first-order chi connectivity index (χ1) is 14.9. The highest BCUT2D eigenvalue weighted by molar-refractivity contribution is 7.99. The predicted octanol–water partition coefficient (Wildman–Crippen LogP) is 5.26. The minimum absolute atomic E-state index is 0.0893. The SMILES string of the molecule is C=CCn1c(SCC(=O)Nc2ccccc2C)nnc1C(C)Oc1cc(C)cc(C)c1. The summed E-state index contributed by atoms with van der Waals surface area (Å²) in [6.45, 7) is 12.4. The van der Waals surface area contributed by atoms with Gasteiger partial charge in [0.2, 0.25) is 5.91 Å². The Hall–Kier alpha value is -3.06. The molecule has 1 N–H and O–H groups in total. The quantitative estimate of drug-likeness (QED) is 0.366. The molecule has 31 heavy (non-hydrogen) atoms. The summed E-state index contributed by atoms with van der Waals surface area (Å²) >= 11 is 1.34. The molecule has 6 nitrogen and oxygen atoms in total. The number of hydrogen-bond acceptors (Lipinski definition) is 5. The maximum atomic E-state index is 12.4. The lowest BCUT2D eigenvalue weighted by Gasteiger charge is -2.16. The van der Waals surface area contributed by atoms with E-state index in [9.17, 15) is 4.79 Å². The smallest absolute Gasteiger partial charge is 0.234 e. The Labute approximate surface area is 187 Å². The number of rotatable bonds is 9. The number of benzene rings is 2. The van der Waals surface area contributed by atoms with Crippen LogP contribution < -0.4 is 10.1 Å². The Kier molecular flexibility index (Phi) is 7.52. The van der Waals surface area contributed by atoms with E-state index in [2.05, 4.69) is 28.2 Å². The number of aromatic nitrogens is 3. The third-order valence-corrected chi connectivity index (χ3v) is 5.65. The maximum absolute atomic E-state index is 12.4. The van der Waals surface area contributed by atoms with Crippen LogP contribution in [0.5, 0.6) is 5.75 Å². The second-order valence-electron chi connectivity index (χ2n) is 7.48. The van der Waals surface area contributed by atoms with Gasteiger partial charge in [-0.1, -0.05) is 42.1 Å². The summed E-state index contributed by atoms with van der Waals surface area (Å²) in [6.07, 6.45) is 1.48. The molecule has 0 radical (unpaired) electrons. The van der Waals surface area contributed by atoms with Crippen molar-refractivity contribution in [1.82, 2.24) is 14.8 Å². The average molecular weight is 437 g/mol. The Morgan fingerprint density at radius 2 is 1.90 bits per heavy atom. The highest BCUT2D eigenvalue weighted by atomic mass is 32.2. The van der Waals surface area contributed by atoms with Crippen molar-refractivity contribution in [3.8, 4) is 5.75 Å². The number of nitrogens with zero attached hydrogens (tertiary/aromatic N) is 3. The lowest BCUT2D eigenvalue weighted by molar-refractivity contribution is -0.113. The van der Waals surface area contributed by atoms with Gasteiger partial charge in [0.25, 0.3) is 0 Å². The number of allylic oxidation sites excluding steroid dienone is 1. The molecular formula is C24H28N4O2S. The van der Waals surface area contributed by atoms with E-state index in [4.69, 9.17) is 4.74 Å². The molecule has 0 bridgehead atoms. The van der Waals surface area contributed by atoms with Crippen molar-refractivity contribution in [2.75, 3.05) is 11.1 Å². The Balaban J connectivity index is 1.70. The van der Waals surface area contributed by atoms with E-state index < -0.39 is 0 Å². The molecule has 0 fully saturated rings. The summed E-state index contributed by atoms with van der Waals surface area (Å²) in [5, 5.41) is 12.2. The van der Waals surface area contributed by atoms with Gasteiger partial charge in [-0.25, -0.2) is 0 Å². The normalized spacial score (nSPS) is 11.7. The molecular weight excluding hydrogens is 408 g/mol. The Bertz CT molecular complexity index is 1060. The first-order valence-corrected chi connectivity index (χ1v) is 11.1. The fourth-order valence-corrected chi connectivity index (χ4v) is 4.05. The van der Waals surface area contributed by atoms with Crippen LogP contribution in [0.25, 0.3) is 0 Å². The van der Waals surface area contributed by atoms with Crippen LogP contribution in [-0.4, -0.2) is 26.4 Å². The van der Waals surface area contributed by atoms with Crippen molar-refractivity contribution in [3.63, 3.8) is 0 Å². The molecule has 1 heterocycles. The lowest BCUT2D eigenvalue weighted by atomic mass is 10.1. The molecule has 7 heteroatoms. The average Bonchev–Trinajstić information content (AvgIpc) is 3.10. The molecule has 1 aromatic heterocycles. The zero-order chi connectivity index (χ0) is 22.4. The number of para-hydroxylation sites is 1. The molecule has 0 saturated heterocycles. The van der Waals surface area contributed by atoms with Gasteiger partial charge in [0.1, 0.15) is 5.75 Å². The maximum Gasteiger partial charge on any atom is 0.234 e. The summed E-state index contributed by atoms with van der Waals surface area (Å²) in [5.41, 5.74) is 4.13. The van der Waals surface area contributed by atoms with Crippen LogP contribution in [0.1, 0.15) is 35.5 Å². The summed E-state index contributed by atoms with van der Waals surface area (Å²) in [6, 6.07) is 13.8. The first kappa shape index (κ1) is 22.6. The van der Waals surface area contributed by atoms with E-state index >= 15 is 0 Å². The van der Waals surface area contributed by atoms with Crippen LogP contribution in [0.3, 0.4) is 0 Å². The van der Waals surface area contributed by atoms with Crippen LogP contribution in [0.15, 0.2) is 60.3 Å². The minimum atomic E-state index is -0.302. The number of thioether (sulfide) groups is 1. The molecule has 0 aliphatic rings. The Morgan fingerprint density at radius 1 is 1.19 bits per heavy atom. The summed E-state index contributed by atoms with van der Waals surface area (Å²) in [5.74, 6) is 1.63. The molecule has 1 unspecified atom stereocenters. The number of anilines is 1. The molecule has 0 saturated carbocycles.